The molecule has 0 bridgehead atoms. The van der Waals surface area contributed by atoms with E-state index in [1.165, 1.54) is 38.5 Å². The van der Waals surface area contributed by atoms with Gasteiger partial charge in [-0.2, -0.15) is 0 Å². The maximum Gasteiger partial charge on any atom is 0.227 e. The van der Waals surface area contributed by atoms with Crippen molar-refractivity contribution >= 4 is 0 Å². The molecule has 4 heteroatoms. The summed E-state index contributed by atoms with van der Waals surface area (Å²) in [4.78, 5) is 16.3. The van der Waals surface area contributed by atoms with E-state index in [1.54, 1.807) is 14.2 Å². The van der Waals surface area contributed by atoms with Crippen molar-refractivity contribution in [3.63, 3.8) is 0 Å². The van der Waals surface area contributed by atoms with Crippen molar-refractivity contribution in [2.75, 3.05) is 14.2 Å². The molecule has 0 unspecified atom stereocenters. The zero-order chi connectivity index (χ0) is 17.5. The fraction of sp³-hybridized carbons (Fsp3) is 0.750. The maximum absolute atomic E-state index is 12.9. The van der Waals surface area contributed by atoms with E-state index in [0.29, 0.717) is 5.75 Å². The molecule has 1 aromatic heterocycles. The van der Waals surface area contributed by atoms with Gasteiger partial charge in [-0.25, -0.2) is 0 Å². The molecule has 1 aliphatic carbocycles. The van der Waals surface area contributed by atoms with Crippen LogP contribution in [0.3, 0.4) is 0 Å². The number of aromatic amines is 1. The number of fused-ring (bicyclic) bond motifs is 1. The summed E-state index contributed by atoms with van der Waals surface area (Å²) in [5.74, 6) is 0.751. The fourth-order valence-electron chi connectivity index (χ4n) is 3.98. The molecule has 1 heterocycles. The third-order valence-electron chi connectivity index (χ3n) is 5.29. The molecule has 0 spiro atoms. The Hall–Kier alpha value is -1.29. The van der Waals surface area contributed by atoms with Gasteiger partial charge in [0.15, 0.2) is 5.75 Å². The smallest absolute Gasteiger partial charge is 0.227 e. The van der Waals surface area contributed by atoms with Crippen molar-refractivity contribution in [2.24, 2.45) is 0 Å². The number of aromatic nitrogens is 1. The van der Waals surface area contributed by atoms with Crippen LogP contribution in [-0.2, 0) is 11.2 Å². The predicted octanol–water partition coefficient (Wildman–Crippen LogP) is 4.49. The van der Waals surface area contributed by atoms with Gasteiger partial charge in [0.1, 0.15) is 0 Å². The fourth-order valence-corrected chi connectivity index (χ4v) is 3.98. The Bertz CT molecular complexity index is 579. The Morgan fingerprint density at radius 3 is 2.50 bits per heavy atom. The summed E-state index contributed by atoms with van der Waals surface area (Å²) in [5, 5.41) is 0. The monoisotopic (exact) mass is 335 g/mol. The number of nitrogens with one attached hydrogen (secondary N) is 1. The number of methoxy groups -OCH3 is 2. The van der Waals surface area contributed by atoms with Crippen LogP contribution in [0.2, 0.25) is 0 Å². The Kier molecular flexibility index (Phi) is 7.35. The lowest BCUT2D eigenvalue weighted by atomic mass is 9.80. The van der Waals surface area contributed by atoms with Crippen molar-refractivity contribution in [1.82, 2.24) is 4.98 Å². The molecular weight excluding hydrogens is 302 g/mol. The normalized spacial score (nSPS) is 20.0. The third kappa shape index (κ3) is 4.41. The standard InChI is InChI=1S/C20H33NO3/c1-5-6-7-8-9-10-11-15-12-16(23-3)13-17-18(15)19(22)20(24-4)14(2)21-17/h15-16H,5-13H2,1-4H3,(H,21,22)/t15-,16+/m0/s1. The topological polar surface area (TPSA) is 51.3 Å². The molecule has 0 saturated carbocycles. The number of hydrogen-bond acceptors (Lipinski definition) is 3. The van der Waals surface area contributed by atoms with E-state index in [-0.39, 0.29) is 17.5 Å². The van der Waals surface area contributed by atoms with Gasteiger partial charge in [0.25, 0.3) is 0 Å². The minimum atomic E-state index is 0.0780. The number of ether oxygens (including phenoxy) is 2. The van der Waals surface area contributed by atoms with Crippen LogP contribution in [0.25, 0.3) is 0 Å². The molecule has 0 aromatic carbocycles. The largest absolute Gasteiger partial charge is 0.491 e. The molecule has 0 saturated heterocycles. The minimum Gasteiger partial charge on any atom is -0.491 e. The maximum atomic E-state index is 12.9. The number of rotatable bonds is 9. The van der Waals surface area contributed by atoms with E-state index < -0.39 is 0 Å². The molecule has 1 aliphatic rings. The van der Waals surface area contributed by atoms with Crippen LogP contribution in [-0.4, -0.2) is 25.3 Å². The van der Waals surface area contributed by atoms with E-state index in [4.69, 9.17) is 9.47 Å². The van der Waals surface area contributed by atoms with Crippen LogP contribution < -0.4 is 10.2 Å². The van der Waals surface area contributed by atoms with Gasteiger partial charge in [0.2, 0.25) is 5.43 Å². The van der Waals surface area contributed by atoms with E-state index >= 15 is 0 Å². The van der Waals surface area contributed by atoms with Gasteiger partial charge < -0.3 is 14.5 Å². The van der Waals surface area contributed by atoms with E-state index in [9.17, 15) is 4.79 Å². The molecule has 0 aliphatic heterocycles. The zero-order valence-electron chi connectivity index (χ0n) is 15.7. The lowest BCUT2D eigenvalue weighted by Crippen LogP contribution is -2.31. The second-order valence-corrected chi connectivity index (χ2v) is 7.06. The van der Waals surface area contributed by atoms with Gasteiger partial charge in [-0.1, -0.05) is 45.4 Å². The average molecular weight is 335 g/mol. The van der Waals surface area contributed by atoms with Crippen molar-refractivity contribution in [3.05, 3.63) is 27.2 Å². The summed E-state index contributed by atoms with van der Waals surface area (Å²) in [6.45, 7) is 4.14. The van der Waals surface area contributed by atoms with Gasteiger partial charge in [-0.3, -0.25) is 4.79 Å². The van der Waals surface area contributed by atoms with Crippen LogP contribution >= 0.6 is 0 Å². The van der Waals surface area contributed by atoms with E-state index in [0.717, 1.165) is 36.2 Å². The van der Waals surface area contributed by atoms with Gasteiger partial charge in [0, 0.05) is 24.8 Å². The summed E-state index contributed by atoms with van der Waals surface area (Å²) in [5.41, 5.74) is 2.89. The number of unbranched alkanes of at least 4 members (excludes halogenated alkanes) is 5. The van der Waals surface area contributed by atoms with E-state index in [2.05, 4.69) is 11.9 Å². The Morgan fingerprint density at radius 1 is 1.12 bits per heavy atom. The minimum absolute atomic E-state index is 0.0780. The first-order valence-electron chi connectivity index (χ1n) is 9.44. The molecule has 24 heavy (non-hydrogen) atoms. The molecule has 2 atom stereocenters. The van der Waals surface area contributed by atoms with Crippen LogP contribution in [0.15, 0.2) is 4.79 Å². The van der Waals surface area contributed by atoms with Crippen molar-refractivity contribution in [2.45, 2.75) is 83.7 Å². The van der Waals surface area contributed by atoms with Crippen LogP contribution in [0, 0.1) is 6.92 Å². The molecule has 0 radical (unpaired) electrons. The molecular formula is C20H33NO3. The van der Waals surface area contributed by atoms with Gasteiger partial charge >= 0.3 is 0 Å². The highest BCUT2D eigenvalue weighted by Gasteiger charge is 2.31. The highest BCUT2D eigenvalue weighted by Crippen LogP contribution is 2.35. The molecule has 4 nitrogen and oxygen atoms in total. The van der Waals surface area contributed by atoms with Crippen LogP contribution in [0.4, 0.5) is 0 Å². The molecule has 0 amide bonds. The first-order chi connectivity index (χ1) is 11.6. The first-order valence-corrected chi connectivity index (χ1v) is 9.44. The molecule has 136 valence electrons. The molecule has 2 rings (SSSR count). The highest BCUT2D eigenvalue weighted by atomic mass is 16.5. The molecule has 1 N–H and O–H groups in total. The Balaban J connectivity index is 2.13. The van der Waals surface area contributed by atoms with Crippen molar-refractivity contribution in [1.29, 1.82) is 0 Å². The highest BCUT2D eigenvalue weighted by molar-refractivity contribution is 5.39. The summed E-state index contributed by atoms with van der Waals surface area (Å²) in [7, 11) is 3.35. The van der Waals surface area contributed by atoms with Crippen molar-refractivity contribution < 1.29 is 9.47 Å². The first kappa shape index (κ1) is 19.0. The number of pyridine rings is 1. The number of aryl methyl sites for hydroxylation is 1. The zero-order valence-corrected chi connectivity index (χ0v) is 15.7. The summed E-state index contributed by atoms with van der Waals surface area (Å²) < 4.78 is 11.0. The lowest BCUT2D eigenvalue weighted by Gasteiger charge is -2.31. The molecule has 0 fully saturated rings. The van der Waals surface area contributed by atoms with Gasteiger partial charge in [-0.15, -0.1) is 0 Å². The summed E-state index contributed by atoms with van der Waals surface area (Å²) in [6, 6.07) is 0. The Labute approximate surface area is 146 Å². The number of H-pyrrole nitrogens is 1. The summed E-state index contributed by atoms with van der Waals surface area (Å²) >= 11 is 0. The van der Waals surface area contributed by atoms with Crippen molar-refractivity contribution in [3.8, 4) is 5.75 Å². The van der Waals surface area contributed by atoms with E-state index in [1.807, 2.05) is 6.92 Å². The average Bonchev–Trinajstić information content (AvgIpc) is 2.57. The summed E-state index contributed by atoms with van der Waals surface area (Å²) in [6.07, 6.45) is 10.7. The van der Waals surface area contributed by atoms with Gasteiger partial charge in [-0.05, 0) is 25.7 Å². The molecule has 1 aromatic rings. The quantitative estimate of drug-likeness (QED) is 0.677. The van der Waals surface area contributed by atoms with Gasteiger partial charge in [0.05, 0.1) is 18.9 Å². The number of hydrogen-bond donors (Lipinski definition) is 1. The third-order valence-corrected chi connectivity index (χ3v) is 5.29. The Morgan fingerprint density at radius 2 is 1.83 bits per heavy atom. The lowest BCUT2D eigenvalue weighted by molar-refractivity contribution is 0.0800. The predicted molar refractivity (Wildman–Crippen MR) is 98.2 cm³/mol. The second-order valence-electron chi connectivity index (χ2n) is 7.06. The van der Waals surface area contributed by atoms with Crippen LogP contribution in [0.1, 0.15) is 81.2 Å². The second kappa shape index (κ2) is 9.26. The van der Waals surface area contributed by atoms with Crippen LogP contribution in [0.5, 0.6) is 5.75 Å². The SMILES string of the molecule is CCCCCCCC[C@H]1C[C@@H](OC)Cc2[nH]c(C)c(OC)c(=O)c21.